The van der Waals surface area contributed by atoms with Gasteiger partial charge in [-0.15, -0.1) is 0 Å². The summed E-state index contributed by atoms with van der Waals surface area (Å²) in [7, 11) is 1.85. The lowest BCUT2D eigenvalue weighted by Crippen LogP contribution is -2.49. The predicted octanol–water partition coefficient (Wildman–Crippen LogP) is 3.53. The Morgan fingerprint density at radius 3 is 2.25 bits per heavy atom. The number of hydrogen-bond donors (Lipinski definition) is 0. The summed E-state index contributed by atoms with van der Waals surface area (Å²) in [5.41, 5.74) is 3.31. The average Bonchev–Trinajstić information content (AvgIpc) is 3.33. The molecule has 0 N–H and O–H groups in total. The topological polar surface area (TPSA) is 30.0 Å². The van der Waals surface area contributed by atoms with Gasteiger partial charge in [0.1, 0.15) is 11.6 Å². The van der Waals surface area contributed by atoms with E-state index in [-0.39, 0.29) is 29.6 Å². The fraction of sp³-hybridized carbons (Fsp3) is 0.480. The molecule has 32 heavy (non-hydrogen) atoms. The van der Waals surface area contributed by atoms with Crippen molar-refractivity contribution >= 4 is 6.03 Å². The quantitative estimate of drug-likeness (QED) is 0.713. The molecule has 0 spiro atoms. The van der Waals surface area contributed by atoms with Crippen molar-refractivity contribution in [1.29, 1.82) is 0 Å². The van der Waals surface area contributed by atoms with Gasteiger partial charge in [-0.05, 0) is 47.4 Å². The molecule has 2 unspecified atom stereocenters. The lowest BCUT2D eigenvalue weighted by Gasteiger charge is -2.39. The normalized spacial score (nSPS) is 24.4. The highest BCUT2D eigenvalue weighted by atomic mass is 19.1. The van der Waals surface area contributed by atoms with Crippen LogP contribution in [0.15, 0.2) is 42.5 Å². The van der Waals surface area contributed by atoms with Crippen molar-refractivity contribution in [2.24, 2.45) is 0 Å². The van der Waals surface area contributed by atoms with E-state index in [0.29, 0.717) is 0 Å². The van der Waals surface area contributed by atoms with Gasteiger partial charge >= 0.3 is 6.03 Å². The summed E-state index contributed by atoms with van der Waals surface area (Å²) in [4.78, 5) is 20.7. The average molecular weight is 441 g/mol. The third-order valence-corrected chi connectivity index (χ3v) is 7.35. The van der Waals surface area contributed by atoms with E-state index in [4.69, 9.17) is 0 Å². The number of amides is 2. The van der Waals surface area contributed by atoms with Crippen LogP contribution < -0.4 is 0 Å². The molecule has 2 saturated heterocycles. The van der Waals surface area contributed by atoms with E-state index in [2.05, 4.69) is 9.80 Å². The molecular weight excluding hydrogens is 410 g/mol. The molecule has 0 bridgehead atoms. The summed E-state index contributed by atoms with van der Waals surface area (Å²) in [5.74, 6) is -0.277. The van der Waals surface area contributed by atoms with Gasteiger partial charge in [0.25, 0.3) is 0 Å². The molecule has 1 aliphatic carbocycles. The van der Waals surface area contributed by atoms with Crippen LogP contribution in [0.25, 0.3) is 0 Å². The second-order valence-electron chi connectivity index (χ2n) is 9.20. The van der Waals surface area contributed by atoms with E-state index in [1.807, 2.05) is 30.1 Å². The van der Waals surface area contributed by atoms with E-state index in [1.54, 1.807) is 11.0 Å². The molecule has 2 heterocycles. The number of carbonyl (C=O) groups excluding carboxylic acids is 1. The minimum Gasteiger partial charge on any atom is -0.326 e. The van der Waals surface area contributed by atoms with Crippen LogP contribution in [0.3, 0.4) is 0 Å². The summed E-state index contributed by atoms with van der Waals surface area (Å²) in [6.07, 6.45) is 0.888. The van der Waals surface area contributed by atoms with E-state index in [1.165, 1.54) is 18.2 Å². The highest BCUT2D eigenvalue weighted by molar-refractivity contribution is 5.76. The molecule has 2 aromatic rings. The predicted molar refractivity (Wildman–Crippen MR) is 120 cm³/mol. The maximum atomic E-state index is 14.1. The summed E-state index contributed by atoms with van der Waals surface area (Å²) >= 11 is 0. The molecule has 2 fully saturated rings. The van der Waals surface area contributed by atoms with Crippen LogP contribution in [-0.4, -0.2) is 85.0 Å². The minimum absolute atomic E-state index is 0.125. The van der Waals surface area contributed by atoms with Crippen LogP contribution in [0.2, 0.25) is 0 Å². The van der Waals surface area contributed by atoms with Gasteiger partial charge in [-0.2, -0.15) is 0 Å². The first kappa shape index (κ1) is 21.3. The van der Waals surface area contributed by atoms with E-state index in [0.717, 1.165) is 75.5 Å². The van der Waals surface area contributed by atoms with Crippen LogP contribution in [0, 0.1) is 11.6 Å². The molecule has 170 valence electrons. The molecule has 0 radical (unpaired) electrons. The minimum atomic E-state index is -0.235. The summed E-state index contributed by atoms with van der Waals surface area (Å²) in [6.45, 7) is 7.01. The number of urea groups is 1. The summed E-state index contributed by atoms with van der Waals surface area (Å²) in [6, 6.07) is 12.1. The molecule has 0 aromatic heterocycles. The number of rotatable bonds is 5. The zero-order valence-corrected chi connectivity index (χ0v) is 18.5. The number of benzene rings is 2. The molecule has 5 nitrogen and oxygen atoms in total. The maximum absolute atomic E-state index is 14.1. The van der Waals surface area contributed by atoms with Crippen molar-refractivity contribution in [3.8, 4) is 0 Å². The molecule has 3 aliphatic rings. The molecule has 2 atom stereocenters. The first-order valence-electron chi connectivity index (χ1n) is 11.5. The van der Waals surface area contributed by atoms with Gasteiger partial charge in [0.05, 0.1) is 0 Å². The highest BCUT2D eigenvalue weighted by Gasteiger charge is 2.37. The highest BCUT2D eigenvalue weighted by Crippen LogP contribution is 2.47. The molecule has 2 aromatic carbocycles. The number of piperazine rings is 1. The number of halogens is 2. The first-order valence-corrected chi connectivity index (χ1v) is 11.5. The Bertz CT molecular complexity index is 974. The van der Waals surface area contributed by atoms with Crippen LogP contribution in [0.5, 0.6) is 0 Å². The van der Waals surface area contributed by atoms with Gasteiger partial charge in [0.15, 0.2) is 0 Å². The monoisotopic (exact) mass is 440 g/mol. The van der Waals surface area contributed by atoms with E-state index >= 15 is 0 Å². The zero-order chi connectivity index (χ0) is 22.2. The lowest BCUT2D eigenvalue weighted by atomic mass is 9.93. The van der Waals surface area contributed by atoms with Gasteiger partial charge in [-0.3, -0.25) is 9.80 Å². The molecule has 7 heteroatoms. The Morgan fingerprint density at radius 1 is 0.844 bits per heavy atom. The second-order valence-corrected chi connectivity index (χ2v) is 9.20. The Labute approximate surface area is 188 Å². The standard InChI is InChI=1S/C25H30F2N4O/c1-28-8-12-31(25(28)32)15-11-29-9-13-30(14-10-29)24-17-22(18-2-4-19(26)5-3-18)21-7-6-20(27)16-23(21)24/h2-7,16,22,24H,8-15,17H2,1H3. The van der Waals surface area contributed by atoms with Crippen LogP contribution in [0.1, 0.15) is 35.1 Å². The Morgan fingerprint density at radius 2 is 1.56 bits per heavy atom. The zero-order valence-electron chi connectivity index (χ0n) is 18.5. The van der Waals surface area contributed by atoms with Crippen LogP contribution in [0.4, 0.5) is 13.6 Å². The Balaban J connectivity index is 1.24. The first-order chi connectivity index (χ1) is 15.5. The Kier molecular flexibility index (Phi) is 5.86. The summed E-state index contributed by atoms with van der Waals surface area (Å²) in [5, 5.41) is 0. The van der Waals surface area contributed by atoms with Crippen LogP contribution >= 0.6 is 0 Å². The van der Waals surface area contributed by atoms with Crippen LogP contribution in [-0.2, 0) is 0 Å². The van der Waals surface area contributed by atoms with Crippen molar-refractivity contribution in [2.45, 2.75) is 18.4 Å². The molecular formula is C25H30F2N4O. The lowest BCUT2D eigenvalue weighted by molar-refractivity contribution is 0.0901. The maximum Gasteiger partial charge on any atom is 0.319 e. The van der Waals surface area contributed by atoms with Crippen molar-refractivity contribution in [3.63, 3.8) is 0 Å². The third kappa shape index (κ3) is 4.11. The van der Waals surface area contributed by atoms with Gasteiger partial charge < -0.3 is 9.80 Å². The SMILES string of the molecule is CN1CCN(CCN2CCN(C3CC(c4ccc(F)cc4)c4ccc(F)cc43)CC2)C1=O. The van der Waals surface area contributed by atoms with Crippen molar-refractivity contribution < 1.29 is 13.6 Å². The smallest absolute Gasteiger partial charge is 0.319 e. The van der Waals surface area contributed by atoms with Gasteiger partial charge in [0.2, 0.25) is 0 Å². The number of carbonyl (C=O) groups is 1. The second kappa shape index (κ2) is 8.79. The Hall–Kier alpha value is -2.51. The molecule has 2 aliphatic heterocycles. The van der Waals surface area contributed by atoms with Gasteiger partial charge in [-0.25, -0.2) is 13.6 Å². The van der Waals surface area contributed by atoms with E-state index < -0.39 is 0 Å². The number of likely N-dealkylation sites (N-methyl/N-ethyl adjacent to an activating group) is 1. The van der Waals surface area contributed by atoms with Crippen molar-refractivity contribution in [1.82, 2.24) is 19.6 Å². The van der Waals surface area contributed by atoms with E-state index in [9.17, 15) is 13.6 Å². The fourth-order valence-electron chi connectivity index (χ4n) is 5.46. The third-order valence-electron chi connectivity index (χ3n) is 7.35. The number of hydrogen-bond acceptors (Lipinski definition) is 3. The number of nitrogens with zero attached hydrogens (tertiary/aromatic N) is 4. The fourth-order valence-corrected chi connectivity index (χ4v) is 5.46. The molecule has 2 amide bonds. The number of fused-ring (bicyclic) bond motifs is 1. The van der Waals surface area contributed by atoms with Crippen molar-refractivity contribution in [3.05, 3.63) is 70.8 Å². The molecule has 5 rings (SSSR count). The summed E-state index contributed by atoms with van der Waals surface area (Å²) < 4.78 is 27.6. The molecule has 0 saturated carbocycles. The van der Waals surface area contributed by atoms with Gasteiger partial charge in [-0.1, -0.05) is 18.2 Å². The van der Waals surface area contributed by atoms with Gasteiger partial charge in [0, 0.05) is 71.4 Å². The van der Waals surface area contributed by atoms with Crippen molar-refractivity contribution in [2.75, 3.05) is 59.4 Å². The largest absolute Gasteiger partial charge is 0.326 e.